The largest absolute Gasteiger partial charge is 0.301 e. The molecule has 2 aromatic rings. The molecule has 5 heteroatoms. The molecule has 0 saturated heterocycles. The van der Waals surface area contributed by atoms with Gasteiger partial charge in [-0.05, 0) is 26.7 Å². The lowest BCUT2D eigenvalue weighted by Gasteiger charge is -2.23. The number of thiazole rings is 1. The smallest absolute Gasteiger partial charge is 0.238 e. The molecule has 24 heavy (non-hydrogen) atoms. The second-order valence-corrected chi connectivity index (χ2v) is 8.94. The van der Waals surface area contributed by atoms with Gasteiger partial charge in [-0.25, -0.2) is 4.98 Å². The Labute approximate surface area is 152 Å². The predicted molar refractivity (Wildman–Crippen MR) is 105 cm³/mol. The lowest BCUT2D eigenvalue weighted by Crippen LogP contribution is -2.25. The van der Waals surface area contributed by atoms with Crippen molar-refractivity contribution in [2.75, 3.05) is 5.32 Å². The summed E-state index contributed by atoms with van der Waals surface area (Å²) >= 11 is 3.31. The summed E-state index contributed by atoms with van der Waals surface area (Å²) in [4.78, 5) is 17.0. The van der Waals surface area contributed by atoms with Crippen LogP contribution in [0, 0.1) is 6.92 Å². The molecular formula is C19H24N2OS2. The van der Waals surface area contributed by atoms with Crippen LogP contribution < -0.4 is 5.32 Å². The van der Waals surface area contributed by atoms with Crippen LogP contribution in [0.1, 0.15) is 44.6 Å². The van der Waals surface area contributed by atoms with Gasteiger partial charge in [0.25, 0.3) is 0 Å². The summed E-state index contributed by atoms with van der Waals surface area (Å²) in [6.45, 7) is 4.07. The molecule has 3 nitrogen and oxygen atoms in total. The number of carbonyl (C=O) groups is 1. The summed E-state index contributed by atoms with van der Waals surface area (Å²) in [7, 11) is 0. The molecule has 3 rings (SSSR count). The number of carbonyl (C=O) groups excluding carboxylic acids is 1. The zero-order valence-electron chi connectivity index (χ0n) is 14.2. The third-order valence-electron chi connectivity index (χ3n) is 4.40. The van der Waals surface area contributed by atoms with Gasteiger partial charge in [0.1, 0.15) is 0 Å². The molecule has 1 atom stereocenters. The first-order valence-corrected chi connectivity index (χ1v) is 10.4. The van der Waals surface area contributed by atoms with E-state index in [2.05, 4.69) is 41.5 Å². The molecule has 0 radical (unpaired) electrons. The van der Waals surface area contributed by atoms with Crippen molar-refractivity contribution in [2.24, 2.45) is 0 Å². The third kappa shape index (κ3) is 4.61. The van der Waals surface area contributed by atoms with Gasteiger partial charge >= 0.3 is 0 Å². The Kier molecular flexibility index (Phi) is 5.95. The van der Waals surface area contributed by atoms with Crippen molar-refractivity contribution in [2.45, 2.75) is 56.5 Å². The van der Waals surface area contributed by atoms with Gasteiger partial charge in [-0.15, -0.1) is 23.1 Å². The van der Waals surface area contributed by atoms with Crippen molar-refractivity contribution in [3.63, 3.8) is 0 Å². The summed E-state index contributed by atoms with van der Waals surface area (Å²) in [5.41, 5.74) is 3.24. The second-order valence-electron chi connectivity index (χ2n) is 6.43. The molecule has 0 spiro atoms. The van der Waals surface area contributed by atoms with Crippen LogP contribution >= 0.6 is 23.1 Å². The van der Waals surface area contributed by atoms with E-state index in [-0.39, 0.29) is 11.2 Å². The minimum Gasteiger partial charge on any atom is -0.301 e. The number of benzene rings is 1. The van der Waals surface area contributed by atoms with Crippen LogP contribution in [0.2, 0.25) is 0 Å². The van der Waals surface area contributed by atoms with Crippen LogP contribution in [0.3, 0.4) is 0 Å². The van der Waals surface area contributed by atoms with Crippen molar-refractivity contribution in [3.8, 4) is 11.3 Å². The molecule has 1 aliphatic rings. The number of hydrogen-bond donors (Lipinski definition) is 1. The first-order valence-electron chi connectivity index (χ1n) is 8.61. The van der Waals surface area contributed by atoms with Gasteiger partial charge in [0.15, 0.2) is 5.13 Å². The number of rotatable bonds is 5. The number of aromatic nitrogens is 1. The van der Waals surface area contributed by atoms with Crippen molar-refractivity contribution in [1.82, 2.24) is 4.98 Å². The van der Waals surface area contributed by atoms with E-state index in [4.69, 9.17) is 0 Å². The van der Waals surface area contributed by atoms with Crippen molar-refractivity contribution >= 4 is 34.1 Å². The summed E-state index contributed by atoms with van der Waals surface area (Å²) in [6, 6.07) is 8.29. The van der Waals surface area contributed by atoms with Crippen LogP contribution in [0.15, 0.2) is 29.6 Å². The molecule has 1 aromatic carbocycles. The molecule has 1 unspecified atom stereocenters. The van der Waals surface area contributed by atoms with E-state index in [9.17, 15) is 4.79 Å². The molecule has 1 heterocycles. The van der Waals surface area contributed by atoms with Crippen LogP contribution in [0.4, 0.5) is 5.13 Å². The van der Waals surface area contributed by atoms with Gasteiger partial charge in [-0.2, -0.15) is 0 Å². The first kappa shape index (κ1) is 17.5. The highest BCUT2D eigenvalue weighted by molar-refractivity contribution is 8.01. The fourth-order valence-electron chi connectivity index (χ4n) is 2.95. The van der Waals surface area contributed by atoms with Crippen LogP contribution in [-0.2, 0) is 4.79 Å². The van der Waals surface area contributed by atoms with E-state index in [0.29, 0.717) is 10.4 Å². The van der Waals surface area contributed by atoms with Crippen LogP contribution in [0.5, 0.6) is 0 Å². The molecule has 1 aliphatic carbocycles. The average molecular weight is 361 g/mol. The van der Waals surface area contributed by atoms with E-state index in [0.717, 1.165) is 11.3 Å². The Hall–Kier alpha value is -1.33. The third-order valence-corrected chi connectivity index (χ3v) is 6.64. The van der Waals surface area contributed by atoms with Crippen LogP contribution in [-0.4, -0.2) is 21.4 Å². The number of nitrogens with zero attached hydrogens (tertiary/aromatic N) is 1. The summed E-state index contributed by atoms with van der Waals surface area (Å²) in [5, 5.41) is 6.28. The average Bonchev–Trinajstić information content (AvgIpc) is 3.05. The van der Waals surface area contributed by atoms with E-state index >= 15 is 0 Å². The summed E-state index contributed by atoms with van der Waals surface area (Å²) in [5.74, 6) is 0.0652. The topological polar surface area (TPSA) is 42.0 Å². The van der Waals surface area contributed by atoms with E-state index in [1.54, 1.807) is 0 Å². The predicted octanol–water partition coefficient (Wildman–Crippen LogP) is 5.51. The normalized spacial score (nSPS) is 16.8. The molecule has 1 fully saturated rings. The molecular weight excluding hydrogens is 336 g/mol. The molecule has 0 bridgehead atoms. The Balaban J connectivity index is 1.57. The zero-order chi connectivity index (χ0) is 16.9. The Morgan fingerprint density at radius 3 is 2.67 bits per heavy atom. The molecule has 1 saturated carbocycles. The number of anilines is 1. The Morgan fingerprint density at radius 2 is 1.96 bits per heavy atom. The number of amides is 1. The monoisotopic (exact) mass is 360 g/mol. The standard InChI is InChI=1S/C19H24N2OS2/c1-13-8-10-15(11-9-13)17-12-23-19(20-17)21-18(22)14(2)24-16-6-4-3-5-7-16/h8-12,14,16H,3-7H2,1-2H3,(H,20,21,22). The first-order chi connectivity index (χ1) is 11.6. The highest BCUT2D eigenvalue weighted by Crippen LogP contribution is 2.32. The molecule has 1 amide bonds. The van der Waals surface area contributed by atoms with Crippen molar-refractivity contribution in [1.29, 1.82) is 0 Å². The number of aryl methyl sites for hydroxylation is 1. The van der Waals surface area contributed by atoms with Gasteiger partial charge in [-0.3, -0.25) is 4.79 Å². The lowest BCUT2D eigenvalue weighted by molar-refractivity contribution is -0.115. The van der Waals surface area contributed by atoms with Gasteiger partial charge < -0.3 is 5.32 Å². The zero-order valence-corrected chi connectivity index (χ0v) is 15.9. The highest BCUT2D eigenvalue weighted by Gasteiger charge is 2.22. The van der Waals surface area contributed by atoms with Gasteiger partial charge in [0, 0.05) is 16.2 Å². The fraction of sp³-hybridized carbons (Fsp3) is 0.474. The Morgan fingerprint density at radius 1 is 1.25 bits per heavy atom. The fourth-order valence-corrected chi connectivity index (χ4v) is 5.03. The molecule has 1 N–H and O–H groups in total. The summed E-state index contributed by atoms with van der Waals surface area (Å²) < 4.78 is 0. The molecule has 0 aliphatic heterocycles. The molecule has 1 aromatic heterocycles. The summed E-state index contributed by atoms with van der Waals surface area (Å²) in [6.07, 6.45) is 6.45. The maximum atomic E-state index is 12.4. The van der Waals surface area contributed by atoms with Crippen molar-refractivity contribution < 1.29 is 4.79 Å². The number of thioether (sulfide) groups is 1. The maximum absolute atomic E-state index is 12.4. The minimum absolute atomic E-state index is 0.0279. The van der Waals surface area contributed by atoms with Crippen molar-refractivity contribution in [3.05, 3.63) is 35.2 Å². The van der Waals surface area contributed by atoms with Crippen LogP contribution in [0.25, 0.3) is 11.3 Å². The van der Waals surface area contributed by atoms with Gasteiger partial charge in [0.2, 0.25) is 5.91 Å². The number of hydrogen-bond acceptors (Lipinski definition) is 4. The van der Waals surface area contributed by atoms with E-state index in [1.807, 2.05) is 24.1 Å². The van der Waals surface area contributed by atoms with E-state index < -0.39 is 0 Å². The Bertz CT molecular complexity index is 675. The quantitative estimate of drug-likeness (QED) is 0.764. The maximum Gasteiger partial charge on any atom is 0.238 e. The highest BCUT2D eigenvalue weighted by atomic mass is 32.2. The van der Waals surface area contributed by atoms with Gasteiger partial charge in [-0.1, -0.05) is 49.1 Å². The minimum atomic E-state index is -0.0279. The van der Waals surface area contributed by atoms with E-state index in [1.165, 1.54) is 49.0 Å². The SMILES string of the molecule is Cc1ccc(-c2csc(NC(=O)C(C)SC3CCCCC3)n2)cc1. The number of nitrogens with one attached hydrogen (secondary N) is 1. The lowest BCUT2D eigenvalue weighted by atomic mass is 10.0. The molecule has 128 valence electrons. The second kappa shape index (κ2) is 8.17. The van der Waals surface area contributed by atoms with Gasteiger partial charge in [0.05, 0.1) is 10.9 Å².